The van der Waals surface area contributed by atoms with Gasteiger partial charge in [0.25, 0.3) is 5.97 Å². The minimum atomic E-state index is -0.833. The van der Waals surface area contributed by atoms with Crippen LogP contribution in [0.15, 0.2) is 0 Å². The van der Waals surface area contributed by atoms with Gasteiger partial charge in [-0.05, 0) is 47.0 Å². The minimum Gasteiger partial charge on any atom is -0.481 e. The maximum Gasteiger partial charge on any atom is 0.300 e. The van der Waals surface area contributed by atoms with Gasteiger partial charge in [0.05, 0.1) is 11.6 Å². The van der Waals surface area contributed by atoms with E-state index in [0.29, 0.717) is 6.10 Å². The summed E-state index contributed by atoms with van der Waals surface area (Å²) in [6.07, 6.45) is 7.49. The van der Waals surface area contributed by atoms with E-state index < -0.39 is 5.97 Å². The number of rotatable bonds is 2. The first-order valence-corrected chi connectivity index (χ1v) is 8.66. The molecule has 1 heterocycles. The van der Waals surface area contributed by atoms with Crippen LogP contribution >= 0.6 is 0 Å². The van der Waals surface area contributed by atoms with Gasteiger partial charge in [-0.3, -0.25) is 9.63 Å². The van der Waals surface area contributed by atoms with Crippen molar-refractivity contribution in [3.05, 3.63) is 0 Å². The van der Waals surface area contributed by atoms with Gasteiger partial charge in [-0.1, -0.05) is 19.3 Å². The van der Waals surface area contributed by atoms with Crippen molar-refractivity contribution < 1.29 is 14.7 Å². The molecule has 2 aliphatic rings. The second kappa shape index (κ2) is 7.92. The highest BCUT2D eigenvalue weighted by Crippen LogP contribution is 2.39. The predicted octanol–water partition coefficient (Wildman–Crippen LogP) is 2.26. The second-order valence-corrected chi connectivity index (χ2v) is 8.04. The topological polar surface area (TPSA) is 102 Å². The van der Waals surface area contributed by atoms with E-state index in [0.717, 1.165) is 13.3 Å². The van der Waals surface area contributed by atoms with Crippen LogP contribution in [0, 0.1) is 0 Å². The van der Waals surface area contributed by atoms with Gasteiger partial charge >= 0.3 is 0 Å². The molecule has 1 aliphatic heterocycles. The van der Waals surface area contributed by atoms with Crippen molar-refractivity contribution in [3.8, 4) is 0 Å². The molecule has 1 aliphatic carbocycles. The number of nitrogens with two attached hydrogens (primary N) is 2. The van der Waals surface area contributed by atoms with Gasteiger partial charge in [-0.2, -0.15) is 5.06 Å². The molecule has 2 atom stereocenters. The van der Waals surface area contributed by atoms with E-state index in [9.17, 15) is 0 Å². The molecule has 0 aromatic carbocycles. The molecule has 0 aromatic heterocycles. The Morgan fingerprint density at radius 3 is 2.09 bits per heavy atom. The smallest absolute Gasteiger partial charge is 0.300 e. The molecular weight excluding hydrogens is 294 g/mol. The number of hydrogen-bond donors (Lipinski definition) is 3. The van der Waals surface area contributed by atoms with Crippen LogP contribution in [-0.4, -0.2) is 45.4 Å². The molecule has 0 spiro atoms. The van der Waals surface area contributed by atoms with Crippen molar-refractivity contribution in [2.75, 3.05) is 0 Å². The van der Waals surface area contributed by atoms with Gasteiger partial charge in [-0.25, -0.2) is 0 Å². The third-order valence-corrected chi connectivity index (χ3v) is 4.89. The fourth-order valence-electron chi connectivity index (χ4n) is 3.82. The number of carboxylic acids is 1. The highest BCUT2D eigenvalue weighted by Gasteiger charge is 2.51. The molecule has 1 saturated carbocycles. The Morgan fingerprint density at radius 2 is 1.61 bits per heavy atom. The van der Waals surface area contributed by atoms with Gasteiger partial charge in [0.1, 0.15) is 0 Å². The molecule has 23 heavy (non-hydrogen) atoms. The number of hydroxylamine groups is 2. The Hall–Kier alpha value is -0.690. The van der Waals surface area contributed by atoms with E-state index in [2.05, 4.69) is 32.8 Å². The summed E-state index contributed by atoms with van der Waals surface area (Å²) >= 11 is 0. The highest BCUT2D eigenvalue weighted by atomic mass is 16.7. The Bertz CT molecular complexity index is 389. The Balaban J connectivity index is 0.000000593. The molecule has 0 aromatic rings. The van der Waals surface area contributed by atoms with Gasteiger partial charge in [-0.15, -0.1) is 0 Å². The van der Waals surface area contributed by atoms with Crippen molar-refractivity contribution in [2.24, 2.45) is 11.5 Å². The van der Waals surface area contributed by atoms with Crippen molar-refractivity contribution in [1.82, 2.24) is 5.06 Å². The van der Waals surface area contributed by atoms with Gasteiger partial charge in [0.15, 0.2) is 0 Å². The molecule has 136 valence electrons. The number of hydrogen-bond acceptors (Lipinski definition) is 5. The predicted molar refractivity (Wildman–Crippen MR) is 91.8 cm³/mol. The number of nitrogens with zero attached hydrogens (tertiary/aromatic N) is 1. The van der Waals surface area contributed by atoms with E-state index in [1.54, 1.807) is 0 Å². The normalized spacial score (nSPS) is 31.1. The summed E-state index contributed by atoms with van der Waals surface area (Å²) in [5.74, 6) is -0.833. The molecule has 1 saturated heterocycles. The fraction of sp³-hybridized carbons (Fsp3) is 0.941. The Morgan fingerprint density at radius 1 is 1.13 bits per heavy atom. The SMILES string of the molecule is CC(=O)O.CC1(C)CC(N)C(N)C(C)(C)N1OC1CCCCC1. The van der Waals surface area contributed by atoms with Crippen LogP contribution in [0.2, 0.25) is 0 Å². The quantitative estimate of drug-likeness (QED) is 0.718. The van der Waals surface area contributed by atoms with Crippen LogP contribution in [0.25, 0.3) is 0 Å². The van der Waals surface area contributed by atoms with Crippen LogP contribution in [0.3, 0.4) is 0 Å². The standard InChI is InChI=1S/C15H31N3O.C2H4O2/c1-14(2)10-12(16)13(17)15(3,4)18(14)19-11-8-6-5-7-9-11;1-2(3)4/h11-13H,5-10,16-17H2,1-4H3;1H3,(H,3,4). The molecule has 6 heteroatoms. The van der Waals surface area contributed by atoms with Crippen molar-refractivity contribution in [2.45, 2.75) is 102 Å². The summed E-state index contributed by atoms with van der Waals surface area (Å²) < 4.78 is 0. The molecule has 6 nitrogen and oxygen atoms in total. The summed E-state index contributed by atoms with van der Waals surface area (Å²) in [5.41, 5.74) is 12.3. The number of carboxylic acid groups (broad SMARTS) is 1. The summed E-state index contributed by atoms with van der Waals surface area (Å²) in [4.78, 5) is 15.4. The van der Waals surface area contributed by atoms with E-state index >= 15 is 0 Å². The zero-order valence-corrected chi connectivity index (χ0v) is 15.3. The first-order chi connectivity index (χ1) is 10.5. The summed E-state index contributed by atoms with van der Waals surface area (Å²) in [6, 6.07) is -0.0136. The average molecular weight is 329 g/mol. The van der Waals surface area contributed by atoms with E-state index in [-0.39, 0.29) is 23.2 Å². The van der Waals surface area contributed by atoms with E-state index in [1.807, 2.05) is 0 Å². The highest BCUT2D eigenvalue weighted by molar-refractivity contribution is 5.62. The fourth-order valence-corrected chi connectivity index (χ4v) is 3.82. The monoisotopic (exact) mass is 329 g/mol. The lowest BCUT2D eigenvalue weighted by Crippen LogP contribution is -2.73. The van der Waals surface area contributed by atoms with Gasteiger partial charge in [0.2, 0.25) is 0 Å². The van der Waals surface area contributed by atoms with Crippen LogP contribution in [0.4, 0.5) is 0 Å². The van der Waals surface area contributed by atoms with Crippen LogP contribution in [0.1, 0.15) is 73.1 Å². The maximum atomic E-state index is 9.00. The Labute approximate surface area is 140 Å². The summed E-state index contributed by atoms with van der Waals surface area (Å²) in [7, 11) is 0. The van der Waals surface area contributed by atoms with E-state index in [1.165, 1.54) is 32.1 Å². The average Bonchev–Trinajstić information content (AvgIpc) is 2.42. The number of carbonyl (C=O) groups is 1. The molecule has 0 bridgehead atoms. The maximum absolute atomic E-state index is 9.00. The number of piperidine rings is 1. The van der Waals surface area contributed by atoms with Crippen molar-refractivity contribution in [1.29, 1.82) is 0 Å². The lowest BCUT2D eigenvalue weighted by atomic mass is 9.76. The lowest BCUT2D eigenvalue weighted by Gasteiger charge is -2.57. The van der Waals surface area contributed by atoms with Crippen LogP contribution in [0.5, 0.6) is 0 Å². The summed E-state index contributed by atoms with van der Waals surface area (Å²) in [5, 5.41) is 9.57. The molecule has 0 amide bonds. The Kier molecular flexibility index (Phi) is 7.01. The number of aliphatic carboxylic acids is 1. The minimum absolute atomic E-state index is 0.0382. The lowest BCUT2D eigenvalue weighted by molar-refractivity contribution is -0.313. The van der Waals surface area contributed by atoms with Gasteiger partial charge in [0, 0.05) is 24.5 Å². The van der Waals surface area contributed by atoms with Crippen LogP contribution < -0.4 is 11.5 Å². The molecule has 0 radical (unpaired) electrons. The zero-order chi connectivity index (χ0) is 17.8. The molecular formula is C17H35N3O3. The van der Waals surface area contributed by atoms with E-state index in [4.69, 9.17) is 26.2 Å². The van der Waals surface area contributed by atoms with Crippen molar-refractivity contribution in [3.63, 3.8) is 0 Å². The summed E-state index contributed by atoms with van der Waals surface area (Å²) in [6.45, 7) is 9.81. The first kappa shape index (κ1) is 20.4. The molecule has 2 unspecified atom stereocenters. The van der Waals surface area contributed by atoms with Crippen LogP contribution in [-0.2, 0) is 9.63 Å². The molecule has 5 N–H and O–H groups in total. The first-order valence-electron chi connectivity index (χ1n) is 8.66. The van der Waals surface area contributed by atoms with Crippen molar-refractivity contribution >= 4 is 5.97 Å². The molecule has 2 rings (SSSR count). The largest absolute Gasteiger partial charge is 0.481 e. The third-order valence-electron chi connectivity index (χ3n) is 4.89. The zero-order valence-electron chi connectivity index (χ0n) is 15.3. The molecule has 2 fully saturated rings. The second-order valence-electron chi connectivity index (χ2n) is 8.04. The van der Waals surface area contributed by atoms with Gasteiger partial charge < -0.3 is 16.6 Å². The third kappa shape index (κ3) is 5.41.